The summed E-state index contributed by atoms with van der Waals surface area (Å²) >= 11 is 0. The zero-order valence-electron chi connectivity index (χ0n) is 39.0. The molecule has 0 bridgehead atoms. The number of hydrogen-bond acceptors (Lipinski definition) is 8. The molecule has 58 heavy (non-hydrogen) atoms. The van der Waals surface area contributed by atoms with Crippen molar-refractivity contribution in [3.63, 3.8) is 0 Å². The van der Waals surface area contributed by atoms with E-state index in [1.165, 1.54) is 180 Å². The molecule has 0 saturated heterocycles. The monoisotopic (exact) mass is 846 g/mol. The van der Waals surface area contributed by atoms with E-state index >= 15 is 0 Å². The van der Waals surface area contributed by atoms with Gasteiger partial charge in [0.15, 0.2) is 6.10 Å². The van der Waals surface area contributed by atoms with Crippen LogP contribution < -0.4 is 4.89 Å². The van der Waals surface area contributed by atoms with Crippen LogP contribution in [0.15, 0.2) is 0 Å². The van der Waals surface area contributed by atoms with Crippen LogP contribution in [0.1, 0.15) is 245 Å². The fraction of sp³-hybridized carbons (Fsp3) is 0.958. The van der Waals surface area contributed by atoms with Crippen LogP contribution in [0, 0.1) is 0 Å². The van der Waals surface area contributed by atoms with Crippen LogP contribution in [0.3, 0.4) is 0 Å². The minimum Gasteiger partial charge on any atom is -0.756 e. The average molecular weight is 846 g/mol. The summed E-state index contributed by atoms with van der Waals surface area (Å²) in [7, 11) is 1.18. The van der Waals surface area contributed by atoms with Gasteiger partial charge in [0.1, 0.15) is 19.8 Å². The fourth-order valence-electron chi connectivity index (χ4n) is 7.25. The lowest BCUT2D eigenvalue weighted by atomic mass is 10.0. The lowest BCUT2D eigenvalue weighted by molar-refractivity contribution is -0.870. The smallest absolute Gasteiger partial charge is 0.306 e. The molecule has 0 N–H and O–H groups in total. The molecule has 346 valence electrons. The van der Waals surface area contributed by atoms with E-state index in [0.717, 1.165) is 32.1 Å². The topological polar surface area (TPSA) is 111 Å². The molecule has 0 saturated carbocycles. The summed E-state index contributed by atoms with van der Waals surface area (Å²) in [6.45, 7) is 4.27. The number of rotatable bonds is 46. The van der Waals surface area contributed by atoms with Gasteiger partial charge < -0.3 is 27.9 Å². The number of carbonyl (C=O) groups excluding carboxylic acids is 2. The molecule has 0 aromatic heterocycles. The number of esters is 2. The highest BCUT2D eigenvalue weighted by atomic mass is 31.2. The van der Waals surface area contributed by atoms with Gasteiger partial charge in [-0.05, 0) is 12.8 Å². The van der Waals surface area contributed by atoms with Gasteiger partial charge in [0.2, 0.25) is 0 Å². The van der Waals surface area contributed by atoms with Crippen molar-refractivity contribution >= 4 is 19.8 Å². The summed E-state index contributed by atoms with van der Waals surface area (Å²) in [6, 6.07) is 0. The van der Waals surface area contributed by atoms with Crippen molar-refractivity contribution < 1.29 is 42.1 Å². The summed E-state index contributed by atoms with van der Waals surface area (Å²) in [6.07, 6.45) is 42.8. The molecule has 0 fully saturated rings. The summed E-state index contributed by atoms with van der Waals surface area (Å²) in [5.41, 5.74) is 0. The minimum atomic E-state index is -4.62. The number of hydrogen-bond donors (Lipinski definition) is 0. The molecule has 0 heterocycles. The van der Waals surface area contributed by atoms with Crippen LogP contribution in [0.4, 0.5) is 0 Å². The summed E-state index contributed by atoms with van der Waals surface area (Å²) in [4.78, 5) is 37.6. The molecule has 0 aliphatic carbocycles. The number of carbonyl (C=O) groups is 2. The van der Waals surface area contributed by atoms with Crippen LogP contribution >= 0.6 is 7.82 Å². The maximum atomic E-state index is 12.7. The third-order valence-corrected chi connectivity index (χ3v) is 12.1. The number of nitrogens with zero attached hydrogens (tertiary/aromatic N) is 1. The van der Waals surface area contributed by atoms with Crippen molar-refractivity contribution in [3.8, 4) is 0 Å². The molecule has 0 aromatic carbocycles. The predicted octanol–water partition coefficient (Wildman–Crippen LogP) is 13.7. The quantitative estimate of drug-likeness (QED) is 0.0258. The largest absolute Gasteiger partial charge is 0.756 e. The Hall–Kier alpha value is -0.990. The van der Waals surface area contributed by atoms with Crippen LogP contribution in [-0.2, 0) is 32.7 Å². The highest BCUT2D eigenvalue weighted by Gasteiger charge is 2.21. The standard InChI is InChI=1S/C48H96NO8P/c1-6-8-10-12-14-16-18-20-21-22-23-24-25-26-27-28-29-31-33-35-37-39-41-48(51)57-46(45-56-58(52,53)55-43-42-49(3,4)5)44-54-47(50)40-38-36-34-32-30-19-17-15-13-11-9-7-2/h46H,6-45H2,1-5H3/t46-/m1/s1. The Balaban J connectivity index is 4.17. The van der Waals surface area contributed by atoms with Crippen molar-refractivity contribution in [1.82, 2.24) is 0 Å². The van der Waals surface area contributed by atoms with E-state index in [1.54, 1.807) is 0 Å². The van der Waals surface area contributed by atoms with E-state index in [4.69, 9.17) is 18.5 Å². The molecule has 1 unspecified atom stereocenters. The Morgan fingerprint density at radius 1 is 0.466 bits per heavy atom. The Labute approximate surface area is 359 Å². The molecule has 0 amide bonds. The van der Waals surface area contributed by atoms with E-state index in [-0.39, 0.29) is 32.0 Å². The lowest BCUT2D eigenvalue weighted by Gasteiger charge is -2.28. The Bertz CT molecular complexity index is 958. The first-order valence-corrected chi connectivity index (χ1v) is 26.2. The maximum Gasteiger partial charge on any atom is 0.306 e. The van der Waals surface area contributed by atoms with Crippen molar-refractivity contribution in [1.29, 1.82) is 0 Å². The van der Waals surface area contributed by atoms with Crippen LogP contribution in [0.2, 0.25) is 0 Å². The molecule has 0 radical (unpaired) electrons. The third kappa shape index (κ3) is 44.6. The summed E-state index contributed by atoms with van der Waals surface area (Å²) in [5.74, 6) is -0.817. The highest BCUT2D eigenvalue weighted by molar-refractivity contribution is 7.45. The number of unbranched alkanes of at least 4 members (excludes halogenated alkanes) is 32. The third-order valence-electron chi connectivity index (χ3n) is 11.1. The molecule has 2 atom stereocenters. The zero-order valence-corrected chi connectivity index (χ0v) is 39.9. The number of ether oxygens (including phenoxy) is 2. The minimum absolute atomic E-state index is 0.0255. The van der Waals surface area contributed by atoms with Crippen molar-refractivity contribution in [3.05, 3.63) is 0 Å². The van der Waals surface area contributed by atoms with Gasteiger partial charge in [0, 0.05) is 12.8 Å². The summed E-state index contributed by atoms with van der Waals surface area (Å²) in [5, 5.41) is 0. The molecule has 0 rings (SSSR count). The van der Waals surface area contributed by atoms with Crippen LogP contribution in [0.25, 0.3) is 0 Å². The van der Waals surface area contributed by atoms with E-state index < -0.39 is 26.5 Å². The van der Waals surface area contributed by atoms with Gasteiger partial charge in [0.05, 0.1) is 27.7 Å². The van der Waals surface area contributed by atoms with Crippen molar-refractivity contribution in [2.75, 3.05) is 47.5 Å². The molecule has 9 nitrogen and oxygen atoms in total. The Kier molecular flexibility index (Phi) is 40.7. The number of quaternary nitrogens is 1. The SMILES string of the molecule is CCCCCCCCCCCCCCCCCCCCCCCCC(=O)O[C@H](COC(=O)CCCCCCCCCCCCCC)COP(=O)([O-])OCC[N+](C)(C)C. The fourth-order valence-corrected chi connectivity index (χ4v) is 7.97. The normalized spacial score (nSPS) is 13.4. The van der Waals surface area contributed by atoms with Gasteiger partial charge in [-0.1, -0.05) is 219 Å². The first kappa shape index (κ1) is 57.0. The van der Waals surface area contributed by atoms with Gasteiger partial charge in [-0.2, -0.15) is 0 Å². The molecular formula is C48H96NO8P. The van der Waals surface area contributed by atoms with Gasteiger partial charge >= 0.3 is 11.9 Å². The van der Waals surface area contributed by atoms with E-state index in [1.807, 2.05) is 21.1 Å². The number of phosphoric acid groups is 1. The lowest BCUT2D eigenvalue weighted by Crippen LogP contribution is -2.37. The van der Waals surface area contributed by atoms with Crippen LogP contribution in [0.5, 0.6) is 0 Å². The second-order valence-corrected chi connectivity index (χ2v) is 19.6. The second-order valence-electron chi connectivity index (χ2n) is 18.2. The molecule has 0 aliphatic rings. The predicted molar refractivity (Wildman–Crippen MR) is 241 cm³/mol. The Morgan fingerprint density at radius 3 is 1.10 bits per heavy atom. The van der Waals surface area contributed by atoms with E-state index in [9.17, 15) is 19.0 Å². The molecule has 0 aliphatic heterocycles. The van der Waals surface area contributed by atoms with E-state index in [0.29, 0.717) is 17.4 Å². The molecule has 0 aromatic rings. The molecular weight excluding hydrogens is 750 g/mol. The van der Waals surface area contributed by atoms with Crippen molar-refractivity contribution in [2.45, 2.75) is 251 Å². The first-order valence-electron chi connectivity index (χ1n) is 24.7. The number of likely N-dealkylation sites (N-methyl/N-ethyl adjacent to an activating group) is 1. The van der Waals surface area contributed by atoms with E-state index in [2.05, 4.69) is 13.8 Å². The highest BCUT2D eigenvalue weighted by Crippen LogP contribution is 2.38. The van der Waals surface area contributed by atoms with Gasteiger partial charge in [-0.25, -0.2) is 0 Å². The first-order chi connectivity index (χ1) is 28.0. The second kappa shape index (κ2) is 41.4. The Morgan fingerprint density at radius 2 is 0.776 bits per heavy atom. The van der Waals surface area contributed by atoms with Gasteiger partial charge in [-0.3, -0.25) is 14.2 Å². The van der Waals surface area contributed by atoms with Crippen molar-refractivity contribution in [2.24, 2.45) is 0 Å². The van der Waals surface area contributed by atoms with Crippen LogP contribution in [-0.4, -0.2) is 70.0 Å². The zero-order chi connectivity index (χ0) is 42.8. The number of phosphoric ester groups is 1. The van der Waals surface area contributed by atoms with Gasteiger partial charge in [-0.15, -0.1) is 0 Å². The maximum absolute atomic E-state index is 12.7. The summed E-state index contributed by atoms with van der Waals surface area (Å²) < 4.78 is 34.0. The molecule has 10 heteroatoms. The molecule has 0 spiro atoms. The van der Waals surface area contributed by atoms with Gasteiger partial charge in [0.25, 0.3) is 7.82 Å². The average Bonchev–Trinajstić information content (AvgIpc) is 3.17.